The van der Waals surface area contributed by atoms with Crippen LogP contribution in [-0.4, -0.2) is 23.1 Å². The van der Waals surface area contributed by atoms with Gasteiger partial charge in [0.05, 0.1) is 6.20 Å². The second-order valence-electron chi connectivity index (χ2n) is 3.83. The maximum Gasteiger partial charge on any atom is 0.117 e. The van der Waals surface area contributed by atoms with Gasteiger partial charge in [-0.2, -0.15) is 0 Å². The highest BCUT2D eigenvalue weighted by molar-refractivity contribution is 5.81. The average Bonchev–Trinajstić information content (AvgIpc) is 2.76. The van der Waals surface area contributed by atoms with Crippen LogP contribution in [0.3, 0.4) is 0 Å². The van der Waals surface area contributed by atoms with Gasteiger partial charge in [-0.1, -0.05) is 9.96 Å². The van der Waals surface area contributed by atoms with Crippen LogP contribution >= 0.6 is 0 Å². The second-order valence-corrected chi connectivity index (χ2v) is 3.83. The maximum atomic E-state index is 8.12. The van der Waals surface area contributed by atoms with Crippen LogP contribution in [0.15, 0.2) is 29.5 Å². The highest BCUT2D eigenvalue weighted by Gasteiger charge is 2.03. The van der Waals surface area contributed by atoms with Crippen molar-refractivity contribution in [3.05, 3.63) is 34.8 Å². The van der Waals surface area contributed by atoms with Gasteiger partial charge >= 0.3 is 0 Å². The molecule has 2 aromatic rings. The quantitative estimate of drug-likeness (QED) is 0.277. The van der Waals surface area contributed by atoms with Crippen LogP contribution in [0.1, 0.15) is 12.8 Å². The molecule has 0 spiro atoms. The fourth-order valence-corrected chi connectivity index (χ4v) is 1.61. The summed E-state index contributed by atoms with van der Waals surface area (Å²) in [7, 11) is 0. The van der Waals surface area contributed by atoms with E-state index in [4.69, 9.17) is 16.1 Å². The molecule has 7 nitrogen and oxygen atoms in total. The molecule has 0 saturated heterocycles. The smallest absolute Gasteiger partial charge is 0.117 e. The summed E-state index contributed by atoms with van der Waals surface area (Å²) in [6.07, 6.45) is 3.33. The fourth-order valence-electron chi connectivity index (χ4n) is 1.61. The van der Waals surface area contributed by atoms with E-state index in [0.29, 0.717) is 18.8 Å². The normalized spacial score (nSPS) is 10.2. The lowest BCUT2D eigenvalue weighted by atomic mass is 10.2. The van der Waals surface area contributed by atoms with Crippen LogP contribution in [0.4, 0.5) is 5.69 Å². The number of fused-ring (bicyclic) bond motifs is 1. The number of nitrogens with zero attached hydrogens (tertiary/aromatic N) is 5. The topological polar surface area (TPSA) is 102 Å². The minimum Gasteiger partial charge on any atom is -0.399 e. The first-order valence-corrected chi connectivity index (χ1v) is 5.68. The summed E-state index contributed by atoms with van der Waals surface area (Å²) >= 11 is 0. The molecule has 0 amide bonds. The minimum absolute atomic E-state index is 0.496. The molecule has 2 N–H and O–H groups in total. The Morgan fingerprint density at radius 1 is 1.44 bits per heavy atom. The molecule has 0 bridgehead atoms. The van der Waals surface area contributed by atoms with Crippen LogP contribution in [0.25, 0.3) is 21.3 Å². The molecule has 7 heteroatoms. The van der Waals surface area contributed by atoms with E-state index < -0.39 is 0 Å². The van der Waals surface area contributed by atoms with E-state index in [0.717, 1.165) is 23.7 Å². The van der Waals surface area contributed by atoms with Gasteiger partial charge in [-0.3, -0.25) is 0 Å². The Morgan fingerprint density at radius 3 is 3.17 bits per heavy atom. The molecule has 0 atom stereocenters. The predicted octanol–water partition coefficient (Wildman–Crippen LogP) is 2.14. The molecule has 0 aliphatic carbocycles. The molecule has 0 radical (unpaired) electrons. The van der Waals surface area contributed by atoms with Crippen LogP contribution in [0.5, 0.6) is 0 Å². The highest BCUT2D eigenvalue weighted by Crippen LogP contribution is 2.15. The first kappa shape index (κ1) is 12.1. The van der Waals surface area contributed by atoms with E-state index in [1.807, 2.05) is 18.2 Å². The van der Waals surface area contributed by atoms with E-state index in [2.05, 4.69) is 15.1 Å². The lowest BCUT2D eigenvalue weighted by Crippen LogP contribution is -2.14. The third-order valence-electron chi connectivity index (χ3n) is 2.49. The number of benzene rings is 1. The number of nitrogens with two attached hydrogens (primary N) is 1. The van der Waals surface area contributed by atoms with Crippen LogP contribution in [0, 0.1) is 0 Å². The second kappa shape index (κ2) is 5.79. The predicted molar refractivity (Wildman–Crippen MR) is 68.8 cm³/mol. The lowest BCUT2D eigenvalue weighted by Gasteiger charge is -2.05. The summed E-state index contributed by atoms with van der Waals surface area (Å²) in [6.45, 7) is 1.03. The fraction of sp³-hybridized carbons (Fsp3) is 0.364. The van der Waals surface area contributed by atoms with E-state index in [9.17, 15) is 0 Å². The van der Waals surface area contributed by atoms with Gasteiger partial charge in [0.25, 0.3) is 0 Å². The summed E-state index contributed by atoms with van der Waals surface area (Å²) in [4.78, 5) is 9.68. The highest BCUT2D eigenvalue weighted by atomic mass is 16.7. The zero-order valence-corrected chi connectivity index (χ0v) is 9.86. The molecule has 0 aliphatic rings. The van der Waals surface area contributed by atoms with Crippen molar-refractivity contribution in [3.8, 4) is 0 Å². The van der Waals surface area contributed by atoms with Crippen molar-refractivity contribution in [2.24, 2.45) is 5.11 Å². The number of unbranched alkanes of at least 4 members (excludes halogenated alkanes) is 1. The number of hydrogen-bond donors (Lipinski definition) is 1. The average molecular weight is 246 g/mol. The number of anilines is 1. The van der Waals surface area contributed by atoms with Crippen molar-refractivity contribution < 1.29 is 4.84 Å². The Labute approximate surface area is 104 Å². The molecule has 1 aromatic heterocycles. The molecule has 1 heterocycles. The number of hydrogen-bond acceptors (Lipinski definition) is 4. The SMILES string of the molecule is [N-]=[N+]=NCCCCOn1ncc2cc(N)ccc21. The molecule has 18 heavy (non-hydrogen) atoms. The largest absolute Gasteiger partial charge is 0.399 e. The maximum absolute atomic E-state index is 8.12. The zero-order chi connectivity index (χ0) is 12.8. The summed E-state index contributed by atoms with van der Waals surface area (Å²) in [6, 6.07) is 5.53. The van der Waals surface area contributed by atoms with E-state index in [1.165, 1.54) is 4.85 Å². The first-order valence-electron chi connectivity index (χ1n) is 5.68. The van der Waals surface area contributed by atoms with Crippen molar-refractivity contribution >= 4 is 16.6 Å². The molecule has 0 fully saturated rings. The molecule has 0 aliphatic heterocycles. The molecular formula is C11H14N6O. The Bertz CT molecular complexity index is 572. The summed E-state index contributed by atoms with van der Waals surface area (Å²) in [5.74, 6) is 0. The van der Waals surface area contributed by atoms with Crippen LogP contribution < -0.4 is 10.6 Å². The number of azide groups is 1. The minimum atomic E-state index is 0.496. The van der Waals surface area contributed by atoms with Crippen molar-refractivity contribution in [2.45, 2.75) is 12.8 Å². The van der Waals surface area contributed by atoms with Gasteiger partial charge in [0.15, 0.2) is 0 Å². The molecule has 94 valence electrons. The number of aromatic nitrogens is 2. The van der Waals surface area contributed by atoms with Gasteiger partial charge in [-0.05, 0) is 36.6 Å². The van der Waals surface area contributed by atoms with Gasteiger partial charge in [0.1, 0.15) is 12.1 Å². The van der Waals surface area contributed by atoms with Crippen molar-refractivity contribution in [1.29, 1.82) is 0 Å². The summed E-state index contributed by atoms with van der Waals surface area (Å²) in [5, 5.41) is 8.53. The monoisotopic (exact) mass is 246 g/mol. The molecular weight excluding hydrogens is 232 g/mol. The third-order valence-corrected chi connectivity index (χ3v) is 2.49. The molecule has 0 unspecified atom stereocenters. The van der Waals surface area contributed by atoms with Gasteiger partial charge in [0.2, 0.25) is 0 Å². The van der Waals surface area contributed by atoms with Gasteiger partial charge in [-0.15, -0.1) is 5.10 Å². The van der Waals surface area contributed by atoms with Crippen LogP contribution in [-0.2, 0) is 0 Å². The van der Waals surface area contributed by atoms with E-state index in [-0.39, 0.29) is 0 Å². The Kier molecular flexibility index (Phi) is 3.88. The van der Waals surface area contributed by atoms with E-state index >= 15 is 0 Å². The van der Waals surface area contributed by atoms with Gasteiger partial charge in [-0.25, -0.2) is 0 Å². The van der Waals surface area contributed by atoms with Crippen molar-refractivity contribution in [1.82, 2.24) is 9.94 Å². The number of nitrogen functional groups attached to an aromatic ring is 1. The molecule has 0 saturated carbocycles. The molecule has 1 aromatic carbocycles. The zero-order valence-electron chi connectivity index (χ0n) is 9.86. The third kappa shape index (κ3) is 2.83. The lowest BCUT2D eigenvalue weighted by molar-refractivity contribution is 0.0893. The first-order chi connectivity index (χ1) is 8.81. The Balaban J connectivity index is 1.90. The standard InChI is InChI=1S/C11H14N6O/c12-10-3-4-11-9(7-10)8-15-17(11)18-6-2-1-5-14-16-13/h3-4,7-8H,1-2,5-6,12H2. The Hall–Kier alpha value is -2.40. The van der Waals surface area contributed by atoms with Gasteiger partial charge in [0, 0.05) is 22.5 Å². The molecule has 2 rings (SSSR count). The Morgan fingerprint density at radius 2 is 2.33 bits per heavy atom. The van der Waals surface area contributed by atoms with E-state index in [1.54, 1.807) is 6.20 Å². The van der Waals surface area contributed by atoms with Gasteiger partial charge < -0.3 is 10.6 Å². The number of rotatable bonds is 6. The van der Waals surface area contributed by atoms with Crippen LogP contribution in [0.2, 0.25) is 0 Å². The summed E-state index contributed by atoms with van der Waals surface area (Å²) in [5.41, 5.74) is 15.4. The van der Waals surface area contributed by atoms with Crippen molar-refractivity contribution in [2.75, 3.05) is 18.9 Å². The summed E-state index contributed by atoms with van der Waals surface area (Å²) < 4.78 is 0. The van der Waals surface area contributed by atoms with Crippen molar-refractivity contribution in [3.63, 3.8) is 0 Å².